The molecular weight excluding hydrogens is 322 g/mol. The van der Waals surface area contributed by atoms with Crippen molar-refractivity contribution in [3.63, 3.8) is 0 Å². The SMILES string of the molecule is Cn1ccnc(NC2COCC2n2nc3c(cc2=O)CCCC3)c1=O. The van der Waals surface area contributed by atoms with Crippen LogP contribution in [0.25, 0.3) is 0 Å². The Bertz CT molecular complexity index is 904. The lowest BCUT2D eigenvalue weighted by Crippen LogP contribution is -2.39. The molecule has 2 aromatic heterocycles. The second kappa shape index (κ2) is 6.44. The van der Waals surface area contributed by atoms with Gasteiger partial charge in [-0.25, -0.2) is 9.67 Å². The normalized spacial score (nSPS) is 22.6. The molecule has 2 atom stereocenters. The first-order valence-corrected chi connectivity index (χ1v) is 8.61. The predicted octanol–water partition coefficient (Wildman–Crippen LogP) is 0.268. The van der Waals surface area contributed by atoms with Gasteiger partial charge in [0, 0.05) is 25.5 Å². The third-order valence-corrected chi connectivity index (χ3v) is 4.94. The number of nitrogens with one attached hydrogen (secondary N) is 1. The van der Waals surface area contributed by atoms with Gasteiger partial charge in [0.2, 0.25) is 0 Å². The van der Waals surface area contributed by atoms with Crippen molar-refractivity contribution < 1.29 is 4.74 Å². The van der Waals surface area contributed by atoms with Crippen molar-refractivity contribution in [2.75, 3.05) is 18.5 Å². The summed E-state index contributed by atoms with van der Waals surface area (Å²) in [6, 6.07) is 1.22. The van der Waals surface area contributed by atoms with Gasteiger partial charge in [-0.15, -0.1) is 0 Å². The second-order valence-corrected chi connectivity index (χ2v) is 6.65. The number of hydrogen-bond donors (Lipinski definition) is 1. The number of aromatic nitrogens is 4. The molecule has 1 fully saturated rings. The Labute approximate surface area is 144 Å². The van der Waals surface area contributed by atoms with Gasteiger partial charge in [-0.2, -0.15) is 5.10 Å². The molecule has 2 aromatic rings. The van der Waals surface area contributed by atoms with E-state index in [-0.39, 0.29) is 29.0 Å². The number of aryl methyl sites for hydroxylation is 3. The summed E-state index contributed by atoms with van der Waals surface area (Å²) >= 11 is 0. The Morgan fingerprint density at radius 2 is 2.08 bits per heavy atom. The standard InChI is InChI=1S/C17H21N5O3/c1-21-7-6-18-16(17(21)24)19-13-9-25-10-14(13)22-15(23)8-11-4-2-3-5-12(11)20-22/h6-8,13-14H,2-5,9-10H2,1H3,(H,18,19). The summed E-state index contributed by atoms with van der Waals surface area (Å²) in [6.45, 7) is 0.784. The maximum absolute atomic E-state index is 12.5. The molecule has 2 unspecified atom stereocenters. The Balaban J connectivity index is 1.65. The average molecular weight is 343 g/mol. The van der Waals surface area contributed by atoms with Gasteiger partial charge in [0.1, 0.15) is 6.04 Å². The van der Waals surface area contributed by atoms with Crippen molar-refractivity contribution in [3.8, 4) is 0 Å². The van der Waals surface area contributed by atoms with Crippen molar-refractivity contribution >= 4 is 5.82 Å². The highest BCUT2D eigenvalue weighted by Gasteiger charge is 2.33. The van der Waals surface area contributed by atoms with E-state index in [1.165, 1.54) is 9.25 Å². The monoisotopic (exact) mass is 343 g/mol. The molecule has 8 heteroatoms. The van der Waals surface area contributed by atoms with E-state index in [1.54, 1.807) is 25.5 Å². The van der Waals surface area contributed by atoms with Crippen LogP contribution in [0.15, 0.2) is 28.0 Å². The van der Waals surface area contributed by atoms with Gasteiger partial charge < -0.3 is 14.6 Å². The van der Waals surface area contributed by atoms with E-state index in [9.17, 15) is 9.59 Å². The minimum absolute atomic E-state index is 0.114. The summed E-state index contributed by atoms with van der Waals surface area (Å²) in [7, 11) is 1.67. The zero-order valence-electron chi connectivity index (χ0n) is 14.1. The lowest BCUT2D eigenvalue weighted by Gasteiger charge is -2.23. The summed E-state index contributed by atoms with van der Waals surface area (Å²) in [6.07, 6.45) is 7.21. The molecule has 0 saturated carbocycles. The first kappa shape index (κ1) is 16.0. The quantitative estimate of drug-likeness (QED) is 0.860. The van der Waals surface area contributed by atoms with E-state index in [2.05, 4.69) is 15.4 Å². The lowest BCUT2D eigenvalue weighted by atomic mass is 9.97. The summed E-state index contributed by atoms with van der Waals surface area (Å²) in [5.41, 5.74) is 1.75. The molecule has 0 radical (unpaired) electrons. The Hall–Kier alpha value is -2.48. The molecule has 2 aliphatic rings. The first-order chi connectivity index (χ1) is 12.1. The fourth-order valence-electron chi connectivity index (χ4n) is 3.51. The molecule has 1 aliphatic heterocycles. The van der Waals surface area contributed by atoms with E-state index >= 15 is 0 Å². The third-order valence-electron chi connectivity index (χ3n) is 4.94. The first-order valence-electron chi connectivity index (χ1n) is 8.61. The van der Waals surface area contributed by atoms with E-state index < -0.39 is 0 Å². The van der Waals surface area contributed by atoms with Crippen LogP contribution in [0.2, 0.25) is 0 Å². The van der Waals surface area contributed by atoms with Crippen molar-refractivity contribution in [3.05, 3.63) is 50.4 Å². The molecule has 25 heavy (non-hydrogen) atoms. The molecule has 0 aromatic carbocycles. The number of ether oxygens (including phenoxy) is 1. The lowest BCUT2D eigenvalue weighted by molar-refractivity contribution is 0.182. The highest BCUT2D eigenvalue weighted by Crippen LogP contribution is 2.22. The topological polar surface area (TPSA) is 91.0 Å². The molecule has 0 spiro atoms. The Morgan fingerprint density at radius 1 is 1.24 bits per heavy atom. The highest BCUT2D eigenvalue weighted by molar-refractivity contribution is 5.33. The van der Waals surface area contributed by atoms with Crippen LogP contribution in [0, 0.1) is 0 Å². The van der Waals surface area contributed by atoms with Crippen molar-refractivity contribution in [2.45, 2.75) is 37.8 Å². The van der Waals surface area contributed by atoms with E-state index in [1.807, 2.05) is 0 Å². The fraction of sp³-hybridized carbons (Fsp3) is 0.529. The highest BCUT2D eigenvalue weighted by atomic mass is 16.5. The van der Waals surface area contributed by atoms with Crippen LogP contribution in [-0.2, 0) is 24.6 Å². The molecule has 8 nitrogen and oxygen atoms in total. The Morgan fingerprint density at radius 3 is 2.96 bits per heavy atom. The van der Waals surface area contributed by atoms with Crippen LogP contribution in [-0.4, -0.2) is 38.6 Å². The number of fused-ring (bicyclic) bond motifs is 1. The van der Waals surface area contributed by atoms with Gasteiger partial charge >= 0.3 is 0 Å². The van der Waals surface area contributed by atoms with E-state index in [0.29, 0.717) is 13.2 Å². The fourth-order valence-corrected chi connectivity index (χ4v) is 3.51. The van der Waals surface area contributed by atoms with Crippen LogP contribution in [0.1, 0.15) is 30.1 Å². The average Bonchev–Trinajstić information content (AvgIpc) is 3.06. The second-order valence-electron chi connectivity index (χ2n) is 6.65. The zero-order chi connectivity index (χ0) is 17.4. The minimum atomic E-state index is -0.258. The van der Waals surface area contributed by atoms with Crippen molar-refractivity contribution in [2.24, 2.45) is 7.05 Å². The number of anilines is 1. The summed E-state index contributed by atoms with van der Waals surface area (Å²) in [4.78, 5) is 28.8. The van der Waals surface area contributed by atoms with Gasteiger partial charge in [-0.05, 0) is 31.2 Å². The predicted molar refractivity (Wildman–Crippen MR) is 91.9 cm³/mol. The molecule has 0 amide bonds. The molecule has 3 heterocycles. The molecule has 132 valence electrons. The molecule has 0 bridgehead atoms. The van der Waals surface area contributed by atoms with E-state index in [0.717, 1.165) is 36.9 Å². The minimum Gasteiger partial charge on any atom is -0.377 e. The summed E-state index contributed by atoms with van der Waals surface area (Å²) in [5.74, 6) is 0.261. The third kappa shape index (κ3) is 2.97. The van der Waals surface area contributed by atoms with Crippen molar-refractivity contribution in [1.29, 1.82) is 0 Å². The number of hydrogen-bond acceptors (Lipinski definition) is 6. The van der Waals surface area contributed by atoms with Crippen LogP contribution in [0.4, 0.5) is 5.82 Å². The largest absolute Gasteiger partial charge is 0.377 e. The van der Waals surface area contributed by atoms with Gasteiger partial charge in [-0.3, -0.25) is 9.59 Å². The van der Waals surface area contributed by atoms with E-state index in [4.69, 9.17) is 4.74 Å². The number of nitrogens with zero attached hydrogens (tertiary/aromatic N) is 4. The van der Waals surface area contributed by atoms with Crippen molar-refractivity contribution in [1.82, 2.24) is 19.3 Å². The molecular formula is C17H21N5O3. The molecule has 1 N–H and O–H groups in total. The maximum atomic E-state index is 12.5. The van der Waals surface area contributed by atoms with Crippen LogP contribution in [0.5, 0.6) is 0 Å². The molecule has 1 aliphatic carbocycles. The zero-order valence-corrected chi connectivity index (χ0v) is 14.1. The smallest absolute Gasteiger partial charge is 0.293 e. The Kier molecular flexibility index (Phi) is 4.12. The summed E-state index contributed by atoms with van der Waals surface area (Å²) in [5, 5.41) is 7.74. The molecule has 4 rings (SSSR count). The van der Waals surface area contributed by atoms with Gasteiger partial charge in [-0.1, -0.05) is 0 Å². The van der Waals surface area contributed by atoms with Gasteiger partial charge in [0.25, 0.3) is 11.1 Å². The van der Waals surface area contributed by atoms with Crippen LogP contribution in [0.3, 0.4) is 0 Å². The summed E-state index contributed by atoms with van der Waals surface area (Å²) < 4.78 is 8.54. The molecule has 1 saturated heterocycles. The van der Waals surface area contributed by atoms with Gasteiger partial charge in [0.15, 0.2) is 5.82 Å². The van der Waals surface area contributed by atoms with Crippen LogP contribution >= 0.6 is 0 Å². The van der Waals surface area contributed by atoms with Crippen LogP contribution < -0.4 is 16.4 Å². The number of rotatable bonds is 3. The van der Waals surface area contributed by atoms with Gasteiger partial charge in [0.05, 0.1) is 24.9 Å². The maximum Gasteiger partial charge on any atom is 0.293 e.